The van der Waals surface area contributed by atoms with Gasteiger partial charge in [0.25, 0.3) is 5.91 Å². The van der Waals surface area contributed by atoms with Gasteiger partial charge < -0.3 is 9.84 Å². The summed E-state index contributed by atoms with van der Waals surface area (Å²) < 4.78 is 5.90. The van der Waals surface area contributed by atoms with E-state index in [2.05, 4.69) is 40.9 Å². The molecule has 5 heteroatoms. The Labute approximate surface area is 196 Å². The van der Waals surface area contributed by atoms with E-state index in [1.54, 1.807) is 18.3 Å². The van der Waals surface area contributed by atoms with Crippen LogP contribution >= 0.6 is 0 Å². The van der Waals surface area contributed by atoms with Crippen LogP contribution < -0.4 is 10.2 Å². The molecule has 0 aromatic heterocycles. The highest BCUT2D eigenvalue weighted by Crippen LogP contribution is 2.25. The predicted molar refractivity (Wildman–Crippen MR) is 135 cm³/mol. The Kier molecular flexibility index (Phi) is 5.91. The monoisotopic (exact) mass is 446 g/mol. The van der Waals surface area contributed by atoms with Crippen molar-refractivity contribution >= 4 is 33.7 Å². The lowest BCUT2D eigenvalue weighted by Crippen LogP contribution is -2.17. The zero-order chi connectivity index (χ0) is 23.3. The molecule has 0 saturated carbocycles. The van der Waals surface area contributed by atoms with E-state index in [0.29, 0.717) is 6.61 Å². The molecule has 0 unspecified atom stereocenters. The fourth-order valence-corrected chi connectivity index (χ4v) is 3.78. The molecule has 0 spiro atoms. The third-order valence-electron chi connectivity index (χ3n) is 5.59. The van der Waals surface area contributed by atoms with Crippen molar-refractivity contribution in [2.24, 2.45) is 5.10 Å². The SMILES string of the molecule is O=C(NN=Cc1ccc(OCc2ccc3ccccc3c2)cc1)c1cc2ccccc2cc1O. The number of hydrazone groups is 1. The minimum absolute atomic E-state index is 0.0840. The number of ether oxygens (including phenoxy) is 1. The molecule has 0 aliphatic rings. The number of nitrogens with one attached hydrogen (secondary N) is 1. The van der Waals surface area contributed by atoms with Gasteiger partial charge in [0.1, 0.15) is 18.1 Å². The van der Waals surface area contributed by atoms with E-state index in [1.807, 2.05) is 60.7 Å². The Balaban J connectivity index is 1.19. The van der Waals surface area contributed by atoms with Gasteiger partial charge in [-0.3, -0.25) is 4.79 Å². The van der Waals surface area contributed by atoms with Crippen molar-refractivity contribution in [2.75, 3.05) is 0 Å². The number of fused-ring (bicyclic) bond motifs is 2. The Morgan fingerprint density at radius 2 is 1.44 bits per heavy atom. The van der Waals surface area contributed by atoms with Gasteiger partial charge in [-0.05, 0) is 75.1 Å². The third-order valence-corrected chi connectivity index (χ3v) is 5.59. The number of hydrogen-bond donors (Lipinski definition) is 2. The van der Waals surface area contributed by atoms with Gasteiger partial charge >= 0.3 is 0 Å². The van der Waals surface area contributed by atoms with Crippen LogP contribution in [0.25, 0.3) is 21.5 Å². The number of amides is 1. The number of carbonyl (C=O) groups excluding carboxylic acids is 1. The van der Waals surface area contributed by atoms with Crippen LogP contribution in [0.5, 0.6) is 11.5 Å². The standard InChI is InChI=1S/C29H22N2O3/c32-28-17-25-8-4-3-7-24(25)16-27(28)29(33)31-30-18-20-10-13-26(14-11-20)34-19-21-9-12-22-5-1-2-6-23(22)15-21/h1-18,32H,19H2,(H,31,33). The number of carbonyl (C=O) groups is 1. The van der Waals surface area contributed by atoms with Crippen LogP contribution in [0, 0.1) is 0 Å². The number of phenols is 1. The topological polar surface area (TPSA) is 70.9 Å². The number of nitrogens with zero attached hydrogens (tertiary/aromatic N) is 1. The van der Waals surface area contributed by atoms with Gasteiger partial charge in [-0.1, -0.05) is 60.7 Å². The molecule has 166 valence electrons. The normalized spacial score (nSPS) is 11.2. The molecule has 0 aliphatic heterocycles. The second-order valence-electron chi connectivity index (χ2n) is 7.95. The summed E-state index contributed by atoms with van der Waals surface area (Å²) in [7, 11) is 0. The number of hydrogen-bond acceptors (Lipinski definition) is 4. The van der Waals surface area contributed by atoms with E-state index in [-0.39, 0.29) is 11.3 Å². The zero-order valence-electron chi connectivity index (χ0n) is 18.3. The lowest BCUT2D eigenvalue weighted by atomic mass is 10.1. The molecule has 0 radical (unpaired) electrons. The highest BCUT2D eigenvalue weighted by molar-refractivity contribution is 6.01. The van der Waals surface area contributed by atoms with Crippen molar-refractivity contribution < 1.29 is 14.6 Å². The maximum Gasteiger partial charge on any atom is 0.275 e. The van der Waals surface area contributed by atoms with Gasteiger partial charge in [-0.2, -0.15) is 5.10 Å². The summed E-state index contributed by atoms with van der Waals surface area (Å²) in [4.78, 5) is 12.5. The van der Waals surface area contributed by atoms with Gasteiger partial charge in [0.05, 0.1) is 11.8 Å². The average Bonchev–Trinajstić information content (AvgIpc) is 2.87. The molecule has 0 bridgehead atoms. The van der Waals surface area contributed by atoms with Crippen LogP contribution in [0.1, 0.15) is 21.5 Å². The predicted octanol–water partition coefficient (Wildman–Crippen LogP) is 6.04. The van der Waals surface area contributed by atoms with E-state index in [9.17, 15) is 9.90 Å². The molecule has 2 N–H and O–H groups in total. The van der Waals surface area contributed by atoms with Crippen LogP contribution in [0.15, 0.2) is 108 Å². The fraction of sp³-hybridized carbons (Fsp3) is 0.0345. The highest BCUT2D eigenvalue weighted by Gasteiger charge is 2.11. The van der Waals surface area contributed by atoms with Crippen LogP contribution in [0.4, 0.5) is 0 Å². The second kappa shape index (κ2) is 9.46. The Morgan fingerprint density at radius 1 is 0.794 bits per heavy atom. The van der Waals surface area contributed by atoms with Gasteiger partial charge in [-0.25, -0.2) is 5.43 Å². The van der Waals surface area contributed by atoms with E-state index in [4.69, 9.17) is 4.74 Å². The van der Waals surface area contributed by atoms with E-state index < -0.39 is 5.91 Å². The Bertz CT molecular complexity index is 1510. The van der Waals surface area contributed by atoms with Crippen molar-refractivity contribution in [3.63, 3.8) is 0 Å². The second-order valence-corrected chi connectivity index (χ2v) is 7.95. The van der Waals surface area contributed by atoms with Crippen molar-refractivity contribution in [3.8, 4) is 11.5 Å². The summed E-state index contributed by atoms with van der Waals surface area (Å²) in [5.74, 6) is 0.185. The van der Waals surface area contributed by atoms with Crippen molar-refractivity contribution in [3.05, 3.63) is 120 Å². The number of aromatic hydroxyl groups is 1. The van der Waals surface area contributed by atoms with Crippen LogP contribution in [0.3, 0.4) is 0 Å². The summed E-state index contributed by atoms with van der Waals surface area (Å²) in [6, 6.07) is 32.7. The van der Waals surface area contributed by atoms with E-state index >= 15 is 0 Å². The minimum Gasteiger partial charge on any atom is -0.507 e. The number of phenolic OH excluding ortho intramolecular Hbond substituents is 1. The molecule has 5 rings (SSSR count). The van der Waals surface area contributed by atoms with Gasteiger partial charge in [0.2, 0.25) is 0 Å². The smallest absolute Gasteiger partial charge is 0.275 e. The van der Waals surface area contributed by atoms with Crippen molar-refractivity contribution in [1.29, 1.82) is 0 Å². The van der Waals surface area contributed by atoms with Crippen LogP contribution in [-0.2, 0) is 6.61 Å². The molecule has 0 fully saturated rings. The van der Waals surface area contributed by atoms with Crippen LogP contribution in [0.2, 0.25) is 0 Å². The highest BCUT2D eigenvalue weighted by atomic mass is 16.5. The first-order chi connectivity index (χ1) is 16.7. The van der Waals surface area contributed by atoms with E-state index in [1.165, 1.54) is 10.8 Å². The summed E-state index contributed by atoms with van der Waals surface area (Å²) in [5, 5.41) is 18.3. The van der Waals surface area contributed by atoms with Crippen LogP contribution in [-0.4, -0.2) is 17.2 Å². The summed E-state index contributed by atoms with van der Waals surface area (Å²) in [6.07, 6.45) is 1.54. The summed E-state index contributed by atoms with van der Waals surface area (Å²) in [5.41, 5.74) is 4.55. The molecule has 0 heterocycles. The lowest BCUT2D eigenvalue weighted by Gasteiger charge is -2.08. The molecule has 0 saturated heterocycles. The van der Waals surface area contributed by atoms with Crippen molar-refractivity contribution in [1.82, 2.24) is 5.43 Å². The fourth-order valence-electron chi connectivity index (χ4n) is 3.78. The Hall–Kier alpha value is -4.64. The lowest BCUT2D eigenvalue weighted by molar-refractivity contribution is 0.0952. The molecule has 5 aromatic carbocycles. The first kappa shape index (κ1) is 21.2. The van der Waals surface area contributed by atoms with E-state index in [0.717, 1.165) is 27.6 Å². The summed E-state index contributed by atoms with van der Waals surface area (Å²) >= 11 is 0. The molecule has 5 nitrogen and oxygen atoms in total. The third kappa shape index (κ3) is 4.74. The molecule has 0 atom stereocenters. The number of benzene rings is 5. The average molecular weight is 447 g/mol. The molecular formula is C29H22N2O3. The quantitative estimate of drug-likeness (QED) is 0.247. The molecule has 1 amide bonds. The minimum atomic E-state index is -0.477. The van der Waals surface area contributed by atoms with Gasteiger partial charge in [0.15, 0.2) is 0 Å². The molecule has 0 aliphatic carbocycles. The maximum absolute atomic E-state index is 12.5. The van der Waals surface area contributed by atoms with Gasteiger partial charge in [0, 0.05) is 0 Å². The summed E-state index contributed by atoms with van der Waals surface area (Å²) in [6.45, 7) is 0.476. The first-order valence-corrected chi connectivity index (χ1v) is 10.9. The maximum atomic E-state index is 12.5. The van der Waals surface area contributed by atoms with Gasteiger partial charge in [-0.15, -0.1) is 0 Å². The molecule has 34 heavy (non-hydrogen) atoms. The molecule has 5 aromatic rings. The first-order valence-electron chi connectivity index (χ1n) is 10.9. The molecular weight excluding hydrogens is 424 g/mol. The number of rotatable bonds is 6. The largest absolute Gasteiger partial charge is 0.507 e. The van der Waals surface area contributed by atoms with Crippen molar-refractivity contribution in [2.45, 2.75) is 6.61 Å². The Morgan fingerprint density at radius 3 is 2.18 bits per heavy atom. The zero-order valence-corrected chi connectivity index (χ0v) is 18.3.